The lowest BCUT2D eigenvalue weighted by Gasteiger charge is -2.28. The Hall–Kier alpha value is -3.97. The van der Waals surface area contributed by atoms with E-state index in [1.54, 1.807) is 60.7 Å². The molecule has 1 heterocycles. The molecule has 0 aromatic heterocycles. The monoisotopic (exact) mass is 489 g/mol. The van der Waals surface area contributed by atoms with Crippen LogP contribution in [-0.2, 0) is 20.9 Å². The second-order valence-corrected chi connectivity index (χ2v) is 8.81. The zero-order chi connectivity index (χ0) is 25.1. The van der Waals surface area contributed by atoms with Crippen LogP contribution in [0.1, 0.15) is 34.8 Å². The molecule has 1 aliphatic rings. The molecular weight excluding hydrogens is 466 g/mol. The van der Waals surface area contributed by atoms with Gasteiger partial charge in [0, 0.05) is 29.7 Å². The van der Waals surface area contributed by atoms with Crippen LogP contribution < -0.4 is 10.2 Å². The lowest BCUT2D eigenvalue weighted by Crippen LogP contribution is -2.45. The van der Waals surface area contributed by atoms with Crippen LogP contribution in [0.15, 0.2) is 72.8 Å². The predicted molar refractivity (Wildman–Crippen MR) is 134 cm³/mol. The number of hydrogen-bond acceptors (Lipinski definition) is 4. The maximum atomic E-state index is 13.6. The van der Waals surface area contributed by atoms with Gasteiger partial charge >= 0.3 is 0 Å². The first-order valence-corrected chi connectivity index (χ1v) is 11.5. The van der Waals surface area contributed by atoms with Gasteiger partial charge in [0.25, 0.3) is 11.8 Å². The number of rotatable bonds is 6. The number of benzene rings is 3. The van der Waals surface area contributed by atoms with E-state index in [-0.39, 0.29) is 24.8 Å². The number of nitrogens with one attached hydrogen (secondary N) is 1. The van der Waals surface area contributed by atoms with Crippen molar-refractivity contribution in [2.45, 2.75) is 32.9 Å². The van der Waals surface area contributed by atoms with Crippen LogP contribution in [0.25, 0.3) is 0 Å². The number of imide groups is 1. The fraction of sp³-hybridized carbons (Fsp3) is 0.185. The molecule has 8 heteroatoms. The summed E-state index contributed by atoms with van der Waals surface area (Å²) in [5, 5.41) is 3.12. The fourth-order valence-corrected chi connectivity index (χ4v) is 4.22. The SMILES string of the molecule is CC(=O)Nc1ccc(N2C(=O)CC(N(Cc3ccccc3Cl)C(=O)c3ccc(C)cc3)C2=O)cc1. The second-order valence-electron chi connectivity index (χ2n) is 8.41. The van der Waals surface area contributed by atoms with E-state index in [0.717, 1.165) is 10.5 Å². The average Bonchev–Trinajstić information content (AvgIpc) is 3.12. The Balaban J connectivity index is 1.66. The highest BCUT2D eigenvalue weighted by Gasteiger charge is 2.44. The van der Waals surface area contributed by atoms with E-state index in [2.05, 4.69) is 5.32 Å². The molecule has 0 radical (unpaired) electrons. The zero-order valence-electron chi connectivity index (χ0n) is 19.3. The molecule has 0 saturated carbocycles. The maximum absolute atomic E-state index is 13.6. The van der Waals surface area contributed by atoms with Gasteiger partial charge in [-0.25, -0.2) is 4.90 Å². The van der Waals surface area contributed by atoms with Gasteiger partial charge in [0.2, 0.25) is 11.8 Å². The van der Waals surface area contributed by atoms with Gasteiger partial charge in [-0.15, -0.1) is 0 Å². The van der Waals surface area contributed by atoms with Gasteiger partial charge < -0.3 is 10.2 Å². The van der Waals surface area contributed by atoms with Crippen molar-refractivity contribution < 1.29 is 19.2 Å². The summed E-state index contributed by atoms with van der Waals surface area (Å²) in [7, 11) is 0. The highest BCUT2D eigenvalue weighted by atomic mass is 35.5. The van der Waals surface area contributed by atoms with Gasteiger partial charge in [-0.1, -0.05) is 47.5 Å². The Morgan fingerprint density at radius 1 is 1.00 bits per heavy atom. The van der Waals surface area contributed by atoms with Gasteiger partial charge in [-0.3, -0.25) is 19.2 Å². The Morgan fingerprint density at radius 2 is 1.66 bits per heavy atom. The van der Waals surface area contributed by atoms with Crippen LogP contribution in [-0.4, -0.2) is 34.6 Å². The Kier molecular flexibility index (Phi) is 6.98. The van der Waals surface area contributed by atoms with Crippen LogP contribution in [0.2, 0.25) is 5.02 Å². The molecular formula is C27H24ClN3O4. The Morgan fingerprint density at radius 3 is 2.29 bits per heavy atom. The number of carbonyl (C=O) groups is 4. The van der Waals surface area contributed by atoms with Crippen molar-refractivity contribution >= 4 is 46.6 Å². The molecule has 0 spiro atoms. The second kappa shape index (κ2) is 10.1. The smallest absolute Gasteiger partial charge is 0.257 e. The summed E-state index contributed by atoms with van der Waals surface area (Å²) in [4.78, 5) is 53.8. The molecule has 3 aromatic carbocycles. The van der Waals surface area contributed by atoms with Crippen LogP contribution in [0.4, 0.5) is 11.4 Å². The van der Waals surface area contributed by atoms with E-state index in [0.29, 0.717) is 27.5 Å². The molecule has 1 unspecified atom stereocenters. The number of nitrogens with zero attached hydrogens (tertiary/aromatic N) is 2. The third kappa shape index (κ3) is 5.25. The van der Waals surface area contributed by atoms with Crippen LogP contribution in [0.5, 0.6) is 0 Å². The van der Waals surface area contributed by atoms with Crippen molar-refractivity contribution in [2.75, 3.05) is 10.2 Å². The van der Waals surface area contributed by atoms with Gasteiger partial charge in [0.15, 0.2) is 0 Å². The van der Waals surface area contributed by atoms with E-state index in [1.165, 1.54) is 11.8 Å². The molecule has 35 heavy (non-hydrogen) atoms. The summed E-state index contributed by atoms with van der Waals surface area (Å²) in [6, 6.07) is 19.6. The minimum atomic E-state index is -0.984. The quantitative estimate of drug-likeness (QED) is 0.513. The summed E-state index contributed by atoms with van der Waals surface area (Å²) in [5.74, 6) is -1.49. The molecule has 1 saturated heterocycles. The molecule has 3 aromatic rings. The maximum Gasteiger partial charge on any atom is 0.257 e. The Labute approximate surface area is 208 Å². The van der Waals surface area contributed by atoms with E-state index in [4.69, 9.17) is 11.6 Å². The summed E-state index contributed by atoms with van der Waals surface area (Å²) < 4.78 is 0. The van der Waals surface area contributed by atoms with Gasteiger partial charge in [-0.2, -0.15) is 0 Å². The van der Waals surface area contributed by atoms with Crippen LogP contribution in [0, 0.1) is 6.92 Å². The standard InChI is InChI=1S/C27H24ClN3O4/c1-17-7-9-19(10-8-17)26(34)30(16-20-5-3-4-6-23(20)28)24-15-25(33)31(27(24)35)22-13-11-21(12-14-22)29-18(2)32/h3-14,24H,15-16H2,1-2H3,(H,29,32). The summed E-state index contributed by atoms with van der Waals surface area (Å²) in [6.07, 6.45) is -0.145. The first-order valence-electron chi connectivity index (χ1n) is 11.1. The minimum Gasteiger partial charge on any atom is -0.326 e. The van der Waals surface area contributed by atoms with Crippen molar-refractivity contribution in [1.82, 2.24) is 4.90 Å². The normalized spacial score (nSPS) is 15.3. The van der Waals surface area contributed by atoms with E-state index >= 15 is 0 Å². The van der Waals surface area contributed by atoms with Crippen molar-refractivity contribution in [1.29, 1.82) is 0 Å². The molecule has 1 N–H and O–H groups in total. The highest BCUT2D eigenvalue weighted by Crippen LogP contribution is 2.30. The Bertz CT molecular complexity index is 1290. The molecule has 7 nitrogen and oxygen atoms in total. The number of amides is 4. The van der Waals surface area contributed by atoms with Gasteiger partial charge in [0.1, 0.15) is 6.04 Å². The molecule has 1 fully saturated rings. The van der Waals surface area contributed by atoms with E-state index < -0.39 is 17.9 Å². The molecule has 178 valence electrons. The van der Waals surface area contributed by atoms with Crippen molar-refractivity contribution in [2.24, 2.45) is 0 Å². The largest absolute Gasteiger partial charge is 0.326 e. The van der Waals surface area contributed by atoms with Gasteiger partial charge in [0.05, 0.1) is 12.1 Å². The number of carbonyl (C=O) groups excluding carboxylic acids is 4. The molecule has 1 aliphatic heterocycles. The van der Waals surface area contributed by atoms with Crippen molar-refractivity contribution in [3.05, 3.63) is 94.5 Å². The minimum absolute atomic E-state index is 0.0748. The third-order valence-electron chi connectivity index (χ3n) is 5.80. The predicted octanol–water partition coefficient (Wildman–Crippen LogP) is 4.58. The molecule has 0 bridgehead atoms. The molecule has 4 rings (SSSR count). The number of anilines is 2. The van der Waals surface area contributed by atoms with Gasteiger partial charge in [-0.05, 0) is 55.0 Å². The third-order valence-corrected chi connectivity index (χ3v) is 6.17. The summed E-state index contributed by atoms with van der Waals surface area (Å²) in [6.45, 7) is 3.39. The topological polar surface area (TPSA) is 86.8 Å². The van der Waals surface area contributed by atoms with Crippen LogP contribution in [0.3, 0.4) is 0 Å². The van der Waals surface area contributed by atoms with E-state index in [9.17, 15) is 19.2 Å². The van der Waals surface area contributed by atoms with Crippen LogP contribution >= 0.6 is 11.6 Å². The average molecular weight is 490 g/mol. The number of aryl methyl sites for hydroxylation is 1. The van der Waals surface area contributed by atoms with Crippen molar-refractivity contribution in [3.63, 3.8) is 0 Å². The zero-order valence-corrected chi connectivity index (χ0v) is 20.1. The first kappa shape index (κ1) is 24.2. The molecule has 1 atom stereocenters. The first-order chi connectivity index (χ1) is 16.7. The fourth-order valence-electron chi connectivity index (χ4n) is 4.02. The lowest BCUT2D eigenvalue weighted by atomic mass is 10.1. The molecule has 0 aliphatic carbocycles. The lowest BCUT2D eigenvalue weighted by molar-refractivity contribution is -0.122. The number of halogens is 1. The molecule has 4 amide bonds. The van der Waals surface area contributed by atoms with Crippen molar-refractivity contribution in [3.8, 4) is 0 Å². The summed E-state index contributed by atoms with van der Waals surface area (Å²) >= 11 is 6.36. The van der Waals surface area contributed by atoms with E-state index in [1.807, 2.05) is 19.1 Å². The number of hydrogen-bond donors (Lipinski definition) is 1. The summed E-state index contributed by atoms with van der Waals surface area (Å²) in [5.41, 5.74) is 3.01. The highest BCUT2D eigenvalue weighted by molar-refractivity contribution is 6.31.